The third-order valence-corrected chi connectivity index (χ3v) is 5.18. The molecule has 3 aliphatic heterocycles. The molecule has 3 atom stereocenters. The van der Waals surface area contributed by atoms with Gasteiger partial charge in [0.1, 0.15) is 18.5 Å². The van der Waals surface area contributed by atoms with Gasteiger partial charge < -0.3 is 9.80 Å². The van der Waals surface area contributed by atoms with Crippen LogP contribution < -0.4 is 15.5 Å². The van der Waals surface area contributed by atoms with E-state index in [1.165, 1.54) is 11.1 Å². The SMILES string of the molecule is Cc1cc(C)cc(N2CCCN3C4C(=O)NC(=O)N(C)C4NC23)c1. The molecule has 0 radical (unpaired) electrons. The highest BCUT2D eigenvalue weighted by atomic mass is 16.2. The van der Waals surface area contributed by atoms with Crippen molar-refractivity contribution in [2.45, 2.75) is 38.8 Å². The number of aryl methyl sites for hydroxylation is 2. The second kappa shape index (κ2) is 5.46. The van der Waals surface area contributed by atoms with Gasteiger partial charge in [-0.2, -0.15) is 0 Å². The molecule has 7 heteroatoms. The van der Waals surface area contributed by atoms with E-state index in [1.54, 1.807) is 11.9 Å². The van der Waals surface area contributed by atoms with E-state index in [-0.39, 0.29) is 30.4 Å². The number of nitrogens with zero attached hydrogens (tertiary/aromatic N) is 3. The first kappa shape index (κ1) is 15.4. The van der Waals surface area contributed by atoms with Crippen molar-refractivity contribution in [1.29, 1.82) is 0 Å². The Morgan fingerprint density at radius 1 is 1.08 bits per heavy atom. The summed E-state index contributed by atoms with van der Waals surface area (Å²) in [6, 6.07) is 5.83. The zero-order valence-corrected chi connectivity index (χ0v) is 14.2. The van der Waals surface area contributed by atoms with E-state index in [9.17, 15) is 9.59 Å². The fourth-order valence-electron chi connectivity index (χ4n) is 4.15. The molecule has 1 aromatic carbocycles. The van der Waals surface area contributed by atoms with Crippen LogP contribution in [0.4, 0.5) is 10.5 Å². The first-order chi connectivity index (χ1) is 11.5. The second-order valence-electron chi connectivity index (χ2n) is 6.97. The topological polar surface area (TPSA) is 67.9 Å². The molecule has 3 heterocycles. The molecule has 3 saturated heterocycles. The predicted octanol–water partition coefficient (Wildman–Crippen LogP) is 0.579. The van der Waals surface area contributed by atoms with Gasteiger partial charge in [0.25, 0.3) is 0 Å². The monoisotopic (exact) mass is 329 g/mol. The van der Waals surface area contributed by atoms with Crippen LogP contribution in [0.25, 0.3) is 0 Å². The second-order valence-corrected chi connectivity index (χ2v) is 6.97. The van der Waals surface area contributed by atoms with E-state index in [0.717, 1.165) is 25.2 Å². The minimum Gasteiger partial charge on any atom is -0.343 e. The summed E-state index contributed by atoms with van der Waals surface area (Å²) < 4.78 is 0. The van der Waals surface area contributed by atoms with Crippen LogP contribution in [0.2, 0.25) is 0 Å². The minimum absolute atomic E-state index is 0.0750. The largest absolute Gasteiger partial charge is 0.343 e. The molecule has 0 bridgehead atoms. The van der Waals surface area contributed by atoms with E-state index in [2.05, 4.69) is 52.5 Å². The van der Waals surface area contributed by atoms with Gasteiger partial charge in [-0.15, -0.1) is 0 Å². The lowest BCUT2D eigenvalue weighted by molar-refractivity contribution is -0.128. The van der Waals surface area contributed by atoms with Gasteiger partial charge in [-0.3, -0.25) is 20.3 Å². The molecule has 0 spiro atoms. The molecule has 0 saturated carbocycles. The summed E-state index contributed by atoms with van der Waals surface area (Å²) in [6.45, 7) is 5.96. The highest BCUT2D eigenvalue weighted by Crippen LogP contribution is 2.31. The van der Waals surface area contributed by atoms with Gasteiger partial charge in [-0.1, -0.05) is 6.07 Å². The van der Waals surface area contributed by atoms with Crippen molar-refractivity contribution in [3.05, 3.63) is 29.3 Å². The number of urea groups is 1. The van der Waals surface area contributed by atoms with Crippen LogP contribution in [0.15, 0.2) is 18.2 Å². The summed E-state index contributed by atoms with van der Waals surface area (Å²) >= 11 is 0. The number of likely N-dealkylation sites (N-methyl/N-ethyl adjacent to an activating group) is 1. The van der Waals surface area contributed by atoms with Crippen molar-refractivity contribution >= 4 is 17.6 Å². The molecule has 3 unspecified atom stereocenters. The minimum atomic E-state index is -0.341. The van der Waals surface area contributed by atoms with Crippen molar-refractivity contribution in [1.82, 2.24) is 20.4 Å². The Labute approximate surface area is 141 Å². The van der Waals surface area contributed by atoms with Crippen molar-refractivity contribution in [2.75, 3.05) is 25.0 Å². The first-order valence-corrected chi connectivity index (χ1v) is 8.40. The average molecular weight is 329 g/mol. The van der Waals surface area contributed by atoms with Gasteiger partial charge in [0.15, 0.2) is 0 Å². The molecule has 1 aromatic rings. The van der Waals surface area contributed by atoms with E-state index < -0.39 is 0 Å². The predicted molar refractivity (Wildman–Crippen MR) is 90.4 cm³/mol. The van der Waals surface area contributed by atoms with Crippen LogP contribution in [0.1, 0.15) is 17.5 Å². The molecule has 3 fully saturated rings. The van der Waals surface area contributed by atoms with Crippen LogP contribution >= 0.6 is 0 Å². The fourth-order valence-corrected chi connectivity index (χ4v) is 4.15. The number of anilines is 1. The Balaban J connectivity index is 1.68. The standard InChI is InChI=1S/C17H23N5O2/c1-10-7-11(2)9-12(8-10)21-5-4-6-22-13-14(18-16(21)22)20(3)17(24)19-15(13)23/h7-9,13-14,16,18H,4-6H2,1-3H3,(H,19,23,24). The number of carbonyl (C=O) groups excluding carboxylic acids is 2. The Kier molecular flexibility index (Phi) is 3.51. The van der Waals surface area contributed by atoms with Crippen LogP contribution in [0.5, 0.6) is 0 Å². The number of imide groups is 1. The molecule has 3 aliphatic rings. The smallest absolute Gasteiger partial charge is 0.325 e. The van der Waals surface area contributed by atoms with Crippen molar-refractivity contribution in [2.24, 2.45) is 0 Å². The first-order valence-electron chi connectivity index (χ1n) is 8.40. The number of rotatable bonds is 1. The summed E-state index contributed by atoms with van der Waals surface area (Å²) in [4.78, 5) is 30.4. The number of hydrogen-bond donors (Lipinski definition) is 2. The number of fused-ring (bicyclic) bond motifs is 3. The highest BCUT2D eigenvalue weighted by molar-refractivity contribution is 6.00. The van der Waals surface area contributed by atoms with Gasteiger partial charge in [0.2, 0.25) is 5.91 Å². The summed E-state index contributed by atoms with van der Waals surface area (Å²) in [6.07, 6.45) is 0.621. The summed E-state index contributed by atoms with van der Waals surface area (Å²) in [5.41, 5.74) is 3.60. The lowest BCUT2D eigenvalue weighted by Crippen LogP contribution is -2.65. The van der Waals surface area contributed by atoms with Crippen LogP contribution in [0, 0.1) is 13.8 Å². The quantitative estimate of drug-likeness (QED) is 0.789. The summed E-state index contributed by atoms with van der Waals surface area (Å²) in [7, 11) is 1.73. The normalized spacial score (nSPS) is 30.2. The van der Waals surface area contributed by atoms with E-state index >= 15 is 0 Å². The number of carbonyl (C=O) groups is 2. The molecular formula is C17H23N5O2. The molecule has 128 valence electrons. The van der Waals surface area contributed by atoms with Gasteiger partial charge in [-0.25, -0.2) is 4.79 Å². The molecule has 2 N–H and O–H groups in total. The van der Waals surface area contributed by atoms with Crippen molar-refractivity contribution in [3.63, 3.8) is 0 Å². The number of amides is 3. The number of hydrogen-bond acceptors (Lipinski definition) is 5. The van der Waals surface area contributed by atoms with Crippen LogP contribution in [-0.4, -0.2) is 60.4 Å². The van der Waals surface area contributed by atoms with Crippen molar-refractivity contribution < 1.29 is 9.59 Å². The molecule has 24 heavy (non-hydrogen) atoms. The van der Waals surface area contributed by atoms with Gasteiger partial charge in [-0.05, 0) is 43.5 Å². The van der Waals surface area contributed by atoms with Gasteiger partial charge in [0, 0.05) is 25.8 Å². The Morgan fingerprint density at radius 2 is 1.79 bits per heavy atom. The van der Waals surface area contributed by atoms with E-state index in [0.29, 0.717) is 0 Å². The van der Waals surface area contributed by atoms with E-state index in [1.807, 2.05) is 0 Å². The maximum atomic E-state index is 12.4. The molecular weight excluding hydrogens is 306 g/mol. The molecule has 0 aliphatic carbocycles. The van der Waals surface area contributed by atoms with Crippen molar-refractivity contribution in [3.8, 4) is 0 Å². The lowest BCUT2D eigenvalue weighted by atomic mass is 10.1. The Morgan fingerprint density at radius 3 is 2.50 bits per heavy atom. The summed E-state index contributed by atoms with van der Waals surface area (Å²) in [5, 5.41) is 5.94. The Bertz CT molecular complexity index is 686. The number of nitrogens with one attached hydrogen (secondary N) is 2. The summed E-state index contributed by atoms with van der Waals surface area (Å²) in [5.74, 6) is -0.208. The van der Waals surface area contributed by atoms with E-state index in [4.69, 9.17) is 0 Å². The average Bonchev–Trinajstić information content (AvgIpc) is 2.91. The third-order valence-electron chi connectivity index (χ3n) is 5.18. The van der Waals surface area contributed by atoms with Gasteiger partial charge >= 0.3 is 6.03 Å². The Hall–Kier alpha value is -2.12. The third kappa shape index (κ3) is 2.27. The zero-order chi connectivity index (χ0) is 17.0. The molecule has 3 amide bonds. The molecule has 4 rings (SSSR count). The van der Waals surface area contributed by atoms with Gasteiger partial charge in [0.05, 0.1) is 0 Å². The number of benzene rings is 1. The molecule has 0 aromatic heterocycles. The van der Waals surface area contributed by atoms with Crippen LogP contribution in [0.3, 0.4) is 0 Å². The highest BCUT2D eigenvalue weighted by Gasteiger charge is 2.53. The maximum absolute atomic E-state index is 12.4. The fraction of sp³-hybridized carbons (Fsp3) is 0.529. The zero-order valence-electron chi connectivity index (χ0n) is 14.2. The molecule has 7 nitrogen and oxygen atoms in total. The van der Waals surface area contributed by atoms with Crippen LogP contribution in [-0.2, 0) is 4.79 Å². The lowest BCUT2D eigenvalue weighted by Gasteiger charge is -2.42. The maximum Gasteiger partial charge on any atom is 0.325 e.